The fraction of sp³-hybridized carbons (Fsp3) is 0.882. The second kappa shape index (κ2) is 10.2. The van der Waals surface area contributed by atoms with Crippen LogP contribution in [0.25, 0.3) is 0 Å². The Kier molecular flexibility index (Phi) is 9.81. The molecular formula is C17H32O2. The molecular weight excluding hydrogens is 236 g/mol. The Balaban J connectivity index is 0.000000303. The second-order valence-corrected chi connectivity index (χ2v) is 6.11. The van der Waals surface area contributed by atoms with Crippen LogP contribution in [0.4, 0.5) is 0 Å². The van der Waals surface area contributed by atoms with Crippen molar-refractivity contribution in [1.82, 2.24) is 0 Å². The molecule has 0 amide bonds. The second-order valence-electron chi connectivity index (χ2n) is 6.11. The van der Waals surface area contributed by atoms with Crippen LogP contribution in [0.15, 0.2) is 0 Å². The Morgan fingerprint density at radius 2 is 1.16 bits per heavy atom. The van der Waals surface area contributed by atoms with Crippen molar-refractivity contribution in [3.8, 4) is 0 Å². The lowest BCUT2D eigenvalue weighted by Gasteiger charge is -2.21. The van der Waals surface area contributed by atoms with E-state index in [1.54, 1.807) is 0 Å². The summed E-state index contributed by atoms with van der Waals surface area (Å²) in [6.45, 7) is 10.5. The highest BCUT2D eigenvalue weighted by Gasteiger charge is 2.20. The van der Waals surface area contributed by atoms with E-state index in [4.69, 9.17) is 0 Å². The zero-order chi connectivity index (χ0) is 14.8. The van der Waals surface area contributed by atoms with E-state index in [1.807, 2.05) is 13.8 Å². The van der Waals surface area contributed by atoms with Crippen LogP contribution < -0.4 is 0 Å². The van der Waals surface area contributed by atoms with Crippen molar-refractivity contribution in [2.24, 2.45) is 17.8 Å². The van der Waals surface area contributed by atoms with E-state index in [1.165, 1.54) is 6.42 Å². The average molecular weight is 268 g/mol. The summed E-state index contributed by atoms with van der Waals surface area (Å²) in [5, 5.41) is 0. The van der Waals surface area contributed by atoms with E-state index < -0.39 is 0 Å². The van der Waals surface area contributed by atoms with Crippen molar-refractivity contribution in [2.75, 3.05) is 0 Å². The summed E-state index contributed by atoms with van der Waals surface area (Å²) < 4.78 is 0. The molecule has 0 saturated heterocycles. The fourth-order valence-corrected chi connectivity index (χ4v) is 2.80. The minimum Gasteiger partial charge on any atom is -0.300 e. The molecule has 0 heterocycles. The molecule has 0 aliphatic heterocycles. The van der Waals surface area contributed by atoms with Crippen LogP contribution in [-0.2, 0) is 9.59 Å². The van der Waals surface area contributed by atoms with Crippen LogP contribution in [-0.4, -0.2) is 11.6 Å². The maximum atomic E-state index is 10.9. The van der Waals surface area contributed by atoms with Gasteiger partial charge < -0.3 is 0 Å². The molecule has 2 aliphatic carbocycles. The van der Waals surface area contributed by atoms with Crippen molar-refractivity contribution < 1.29 is 9.59 Å². The summed E-state index contributed by atoms with van der Waals surface area (Å²) in [6.07, 6.45) is 6.81. The van der Waals surface area contributed by atoms with Crippen LogP contribution in [0.5, 0.6) is 0 Å². The van der Waals surface area contributed by atoms with E-state index in [0.29, 0.717) is 23.4 Å². The van der Waals surface area contributed by atoms with Gasteiger partial charge in [-0.2, -0.15) is 0 Å². The highest BCUT2D eigenvalue weighted by atomic mass is 16.1. The van der Waals surface area contributed by atoms with Crippen LogP contribution in [0.1, 0.15) is 79.6 Å². The highest BCUT2D eigenvalue weighted by molar-refractivity contribution is 5.79. The smallest absolute Gasteiger partial charge is 0.133 e. The Morgan fingerprint density at radius 3 is 1.47 bits per heavy atom. The first-order valence-electron chi connectivity index (χ1n) is 8.00. The normalized spacial score (nSPS) is 27.8. The first-order valence-corrected chi connectivity index (χ1v) is 8.00. The lowest BCUT2D eigenvalue weighted by atomic mass is 9.83. The highest BCUT2D eigenvalue weighted by Crippen LogP contribution is 2.25. The van der Waals surface area contributed by atoms with Gasteiger partial charge in [-0.05, 0) is 37.0 Å². The third-order valence-corrected chi connectivity index (χ3v) is 3.79. The molecule has 2 aliphatic rings. The number of carbonyl (C=O) groups excluding carboxylic acids is 2. The van der Waals surface area contributed by atoms with E-state index in [2.05, 4.69) is 20.8 Å². The van der Waals surface area contributed by atoms with Gasteiger partial charge in [0.25, 0.3) is 0 Å². The van der Waals surface area contributed by atoms with Crippen LogP contribution in [0.3, 0.4) is 0 Å². The molecule has 2 saturated carbocycles. The molecule has 2 atom stereocenters. The number of Topliss-reactive ketones (excluding diaryl/α,β-unsaturated/α-hetero) is 2. The molecule has 0 aromatic heterocycles. The van der Waals surface area contributed by atoms with Gasteiger partial charge in [0.15, 0.2) is 0 Å². The number of carbonyl (C=O) groups is 2. The Bertz CT molecular complexity index is 248. The molecule has 0 spiro atoms. The standard InChI is InChI=1S/C8H14O.C7H12O.C2H6/c1-6-3-7(2)5-8(9)4-6;1-6-2-4-7(8)5-3-6;1-2/h6-7H,3-5H2,1-2H3;6H,2-5H2,1H3;1-2H3. The molecule has 0 aromatic carbocycles. The van der Waals surface area contributed by atoms with E-state index in [0.717, 1.165) is 44.4 Å². The van der Waals surface area contributed by atoms with Gasteiger partial charge in [-0.15, -0.1) is 0 Å². The molecule has 0 N–H and O–H groups in total. The minimum absolute atomic E-state index is 0.459. The summed E-state index contributed by atoms with van der Waals surface area (Å²) >= 11 is 0. The molecule has 2 rings (SSSR count). The van der Waals surface area contributed by atoms with E-state index >= 15 is 0 Å². The Morgan fingerprint density at radius 1 is 0.737 bits per heavy atom. The summed E-state index contributed by atoms with van der Waals surface area (Å²) in [4.78, 5) is 21.5. The summed E-state index contributed by atoms with van der Waals surface area (Å²) in [7, 11) is 0. The Hall–Kier alpha value is -0.660. The lowest BCUT2D eigenvalue weighted by molar-refractivity contribution is -0.122. The fourth-order valence-electron chi connectivity index (χ4n) is 2.80. The molecule has 0 radical (unpaired) electrons. The van der Waals surface area contributed by atoms with Gasteiger partial charge in [0.2, 0.25) is 0 Å². The maximum Gasteiger partial charge on any atom is 0.133 e. The zero-order valence-electron chi connectivity index (χ0n) is 13.5. The number of hydrogen-bond donors (Lipinski definition) is 0. The van der Waals surface area contributed by atoms with Gasteiger partial charge in [-0.1, -0.05) is 34.6 Å². The number of ketones is 2. The van der Waals surface area contributed by atoms with Gasteiger partial charge in [-0.25, -0.2) is 0 Å². The van der Waals surface area contributed by atoms with E-state index in [-0.39, 0.29) is 0 Å². The molecule has 2 heteroatoms. The topological polar surface area (TPSA) is 34.1 Å². The van der Waals surface area contributed by atoms with Crippen molar-refractivity contribution >= 4 is 11.6 Å². The lowest BCUT2D eigenvalue weighted by Crippen LogP contribution is -2.18. The quantitative estimate of drug-likeness (QED) is 0.632. The molecule has 112 valence electrons. The summed E-state index contributed by atoms with van der Waals surface area (Å²) in [5.41, 5.74) is 0. The summed E-state index contributed by atoms with van der Waals surface area (Å²) in [5.74, 6) is 3.00. The molecule has 0 bridgehead atoms. The third-order valence-electron chi connectivity index (χ3n) is 3.79. The SMILES string of the molecule is CC.CC1CC(=O)CC(C)C1.CC1CCC(=O)CC1. The maximum absolute atomic E-state index is 10.9. The van der Waals surface area contributed by atoms with E-state index in [9.17, 15) is 9.59 Å². The van der Waals surface area contributed by atoms with Crippen molar-refractivity contribution in [1.29, 1.82) is 0 Å². The molecule has 2 fully saturated rings. The Labute approximate surface area is 119 Å². The van der Waals surface area contributed by atoms with Crippen LogP contribution in [0.2, 0.25) is 0 Å². The first-order chi connectivity index (χ1) is 8.97. The van der Waals surface area contributed by atoms with Crippen molar-refractivity contribution in [3.05, 3.63) is 0 Å². The van der Waals surface area contributed by atoms with Gasteiger partial charge in [-0.3, -0.25) is 9.59 Å². The van der Waals surface area contributed by atoms with Crippen molar-refractivity contribution in [2.45, 2.75) is 79.6 Å². The monoisotopic (exact) mass is 268 g/mol. The first kappa shape index (κ1) is 18.3. The van der Waals surface area contributed by atoms with Gasteiger partial charge in [0.05, 0.1) is 0 Å². The van der Waals surface area contributed by atoms with Crippen LogP contribution >= 0.6 is 0 Å². The number of hydrogen-bond acceptors (Lipinski definition) is 2. The largest absolute Gasteiger partial charge is 0.300 e. The van der Waals surface area contributed by atoms with Crippen LogP contribution in [0, 0.1) is 17.8 Å². The minimum atomic E-state index is 0.459. The molecule has 19 heavy (non-hydrogen) atoms. The predicted molar refractivity (Wildman–Crippen MR) is 81.2 cm³/mol. The zero-order valence-corrected chi connectivity index (χ0v) is 13.5. The predicted octanol–water partition coefficient (Wildman–Crippen LogP) is 4.80. The number of rotatable bonds is 0. The average Bonchev–Trinajstić information content (AvgIpc) is 2.34. The third kappa shape index (κ3) is 8.96. The molecule has 0 aromatic rings. The summed E-state index contributed by atoms with van der Waals surface area (Å²) in [6, 6.07) is 0. The molecule has 2 unspecified atom stereocenters. The van der Waals surface area contributed by atoms with Gasteiger partial charge in [0.1, 0.15) is 11.6 Å². The molecule has 2 nitrogen and oxygen atoms in total. The van der Waals surface area contributed by atoms with Gasteiger partial charge >= 0.3 is 0 Å². The van der Waals surface area contributed by atoms with Crippen molar-refractivity contribution in [3.63, 3.8) is 0 Å². The van der Waals surface area contributed by atoms with Gasteiger partial charge in [0, 0.05) is 25.7 Å².